The second kappa shape index (κ2) is 8.51. The van der Waals surface area contributed by atoms with Crippen molar-refractivity contribution in [2.75, 3.05) is 19.7 Å². The van der Waals surface area contributed by atoms with Gasteiger partial charge in [-0.15, -0.1) is 0 Å². The van der Waals surface area contributed by atoms with Gasteiger partial charge in [-0.05, 0) is 49.5 Å². The Kier molecular flexibility index (Phi) is 6.68. The molecule has 1 aliphatic rings. The van der Waals surface area contributed by atoms with Crippen LogP contribution in [0.1, 0.15) is 38.3 Å². The van der Waals surface area contributed by atoms with Gasteiger partial charge in [0.15, 0.2) is 0 Å². The standard InChI is InChI=1S/C17H25ClN2O2/c1-12(2)17(13-3-5-14(18)6-4-13)20-16(21)11-22-15-7-9-19-10-8-15/h3-6,12,15,17,19H,7-11H2,1-2H3,(H,20,21). The molecular weight excluding hydrogens is 300 g/mol. The summed E-state index contributed by atoms with van der Waals surface area (Å²) in [6.07, 6.45) is 2.14. The Labute approximate surface area is 137 Å². The van der Waals surface area contributed by atoms with Crippen LogP contribution in [0.5, 0.6) is 0 Å². The van der Waals surface area contributed by atoms with Gasteiger partial charge >= 0.3 is 0 Å². The average Bonchev–Trinajstić information content (AvgIpc) is 2.52. The van der Waals surface area contributed by atoms with Crippen LogP contribution in [0.3, 0.4) is 0 Å². The average molecular weight is 325 g/mol. The zero-order chi connectivity index (χ0) is 15.9. The summed E-state index contributed by atoms with van der Waals surface area (Å²) in [5.74, 6) is 0.233. The number of nitrogens with one attached hydrogen (secondary N) is 2. The summed E-state index contributed by atoms with van der Waals surface area (Å²) < 4.78 is 5.71. The number of carbonyl (C=O) groups is 1. The van der Waals surface area contributed by atoms with Gasteiger partial charge in [0.05, 0.1) is 12.1 Å². The monoisotopic (exact) mass is 324 g/mol. The van der Waals surface area contributed by atoms with Gasteiger partial charge in [-0.2, -0.15) is 0 Å². The van der Waals surface area contributed by atoms with E-state index in [0.29, 0.717) is 10.9 Å². The first-order valence-corrected chi connectivity index (χ1v) is 8.31. The van der Waals surface area contributed by atoms with E-state index in [1.54, 1.807) is 0 Å². The molecule has 1 atom stereocenters. The van der Waals surface area contributed by atoms with Gasteiger partial charge in [0.2, 0.25) is 5.91 Å². The van der Waals surface area contributed by atoms with Gasteiger partial charge in [-0.1, -0.05) is 37.6 Å². The molecule has 1 amide bonds. The van der Waals surface area contributed by atoms with E-state index in [2.05, 4.69) is 24.5 Å². The Morgan fingerprint density at radius 2 is 1.95 bits per heavy atom. The number of ether oxygens (including phenoxy) is 1. The Balaban J connectivity index is 1.87. The molecular formula is C17H25ClN2O2. The van der Waals surface area contributed by atoms with Crippen molar-refractivity contribution in [1.29, 1.82) is 0 Å². The molecule has 1 aliphatic heterocycles. The molecule has 1 saturated heterocycles. The van der Waals surface area contributed by atoms with Crippen molar-refractivity contribution in [2.24, 2.45) is 5.92 Å². The molecule has 0 aromatic heterocycles. The molecule has 22 heavy (non-hydrogen) atoms. The van der Waals surface area contributed by atoms with Gasteiger partial charge < -0.3 is 15.4 Å². The molecule has 0 bridgehead atoms. The van der Waals surface area contributed by atoms with E-state index < -0.39 is 0 Å². The summed E-state index contributed by atoms with van der Waals surface area (Å²) in [4.78, 5) is 12.2. The molecule has 2 N–H and O–H groups in total. The highest BCUT2D eigenvalue weighted by molar-refractivity contribution is 6.30. The van der Waals surface area contributed by atoms with Gasteiger partial charge in [0, 0.05) is 5.02 Å². The topological polar surface area (TPSA) is 50.4 Å². The van der Waals surface area contributed by atoms with E-state index in [9.17, 15) is 4.79 Å². The van der Waals surface area contributed by atoms with Gasteiger partial charge in [0.25, 0.3) is 0 Å². The molecule has 1 heterocycles. The number of benzene rings is 1. The summed E-state index contributed by atoms with van der Waals surface area (Å²) in [5.41, 5.74) is 1.06. The van der Waals surface area contributed by atoms with Crippen LogP contribution in [0, 0.1) is 5.92 Å². The molecule has 1 aromatic rings. The van der Waals surface area contributed by atoms with Crippen LogP contribution < -0.4 is 10.6 Å². The molecule has 5 heteroatoms. The van der Waals surface area contributed by atoms with E-state index in [1.807, 2.05) is 24.3 Å². The summed E-state index contributed by atoms with van der Waals surface area (Å²) in [7, 11) is 0. The maximum absolute atomic E-state index is 12.2. The highest BCUT2D eigenvalue weighted by Crippen LogP contribution is 2.23. The van der Waals surface area contributed by atoms with Crippen molar-refractivity contribution >= 4 is 17.5 Å². The molecule has 4 nitrogen and oxygen atoms in total. The number of amides is 1. The molecule has 1 fully saturated rings. The Bertz CT molecular complexity index is 470. The Morgan fingerprint density at radius 3 is 2.55 bits per heavy atom. The van der Waals surface area contributed by atoms with E-state index in [-0.39, 0.29) is 24.7 Å². The largest absolute Gasteiger partial charge is 0.368 e. The van der Waals surface area contributed by atoms with Crippen LogP contribution >= 0.6 is 11.6 Å². The number of halogens is 1. The second-order valence-corrected chi connectivity index (χ2v) is 6.54. The Morgan fingerprint density at radius 1 is 1.32 bits per heavy atom. The number of hydrogen-bond acceptors (Lipinski definition) is 3. The van der Waals surface area contributed by atoms with Gasteiger partial charge in [-0.3, -0.25) is 4.79 Å². The molecule has 0 aliphatic carbocycles. The van der Waals surface area contributed by atoms with Crippen molar-refractivity contribution in [3.05, 3.63) is 34.9 Å². The molecule has 122 valence electrons. The molecule has 1 unspecified atom stereocenters. The fourth-order valence-corrected chi connectivity index (χ4v) is 2.80. The SMILES string of the molecule is CC(C)C(NC(=O)COC1CCNCC1)c1ccc(Cl)cc1. The predicted octanol–water partition coefficient (Wildman–Crippen LogP) is 2.92. The Hall–Kier alpha value is -1.10. The maximum Gasteiger partial charge on any atom is 0.246 e. The molecule has 0 radical (unpaired) electrons. The fraction of sp³-hybridized carbons (Fsp3) is 0.588. The quantitative estimate of drug-likeness (QED) is 0.846. The van der Waals surface area contributed by atoms with Crippen molar-refractivity contribution in [3.8, 4) is 0 Å². The third kappa shape index (κ3) is 5.27. The molecule has 0 spiro atoms. The highest BCUT2D eigenvalue weighted by Gasteiger charge is 2.20. The van der Waals surface area contributed by atoms with E-state index in [0.717, 1.165) is 31.5 Å². The van der Waals surface area contributed by atoms with Crippen LogP contribution in [0.15, 0.2) is 24.3 Å². The summed E-state index contributed by atoms with van der Waals surface area (Å²) in [6.45, 7) is 6.24. The predicted molar refractivity (Wildman–Crippen MR) is 89.0 cm³/mol. The lowest BCUT2D eigenvalue weighted by atomic mass is 9.96. The zero-order valence-electron chi connectivity index (χ0n) is 13.3. The number of hydrogen-bond donors (Lipinski definition) is 2. The third-order valence-corrected chi connectivity index (χ3v) is 4.20. The van der Waals surface area contributed by atoms with Crippen molar-refractivity contribution in [1.82, 2.24) is 10.6 Å². The number of rotatable bonds is 6. The van der Waals surface area contributed by atoms with Crippen LogP contribution in [0.25, 0.3) is 0 Å². The summed E-state index contributed by atoms with van der Waals surface area (Å²) in [5, 5.41) is 7.05. The lowest BCUT2D eigenvalue weighted by Crippen LogP contribution is -2.38. The summed E-state index contributed by atoms with van der Waals surface area (Å²) >= 11 is 5.92. The normalized spacial score (nSPS) is 17.5. The number of piperidine rings is 1. The van der Waals surface area contributed by atoms with Gasteiger partial charge in [-0.25, -0.2) is 0 Å². The minimum Gasteiger partial charge on any atom is -0.368 e. The highest BCUT2D eigenvalue weighted by atomic mass is 35.5. The zero-order valence-corrected chi connectivity index (χ0v) is 14.0. The van der Waals surface area contributed by atoms with Crippen molar-refractivity contribution in [2.45, 2.75) is 38.8 Å². The molecule has 0 saturated carbocycles. The van der Waals surface area contributed by atoms with Crippen molar-refractivity contribution in [3.63, 3.8) is 0 Å². The van der Waals surface area contributed by atoms with Crippen LogP contribution in [0.2, 0.25) is 5.02 Å². The number of carbonyl (C=O) groups excluding carboxylic acids is 1. The van der Waals surface area contributed by atoms with Crippen LogP contribution in [0.4, 0.5) is 0 Å². The molecule has 1 aromatic carbocycles. The van der Waals surface area contributed by atoms with Crippen LogP contribution in [-0.2, 0) is 9.53 Å². The van der Waals surface area contributed by atoms with E-state index in [4.69, 9.17) is 16.3 Å². The van der Waals surface area contributed by atoms with Crippen molar-refractivity contribution < 1.29 is 9.53 Å². The lowest BCUT2D eigenvalue weighted by Gasteiger charge is -2.25. The minimum atomic E-state index is -0.0628. The smallest absolute Gasteiger partial charge is 0.246 e. The first-order valence-electron chi connectivity index (χ1n) is 7.93. The van der Waals surface area contributed by atoms with Crippen LogP contribution in [-0.4, -0.2) is 31.7 Å². The van der Waals surface area contributed by atoms with E-state index in [1.165, 1.54) is 0 Å². The fourth-order valence-electron chi connectivity index (χ4n) is 2.68. The molecule has 2 rings (SSSR count). The summed E-state index contributed by atoms with van der Waals surface area (Å²) in [6, 6.07) is 7.59. The third-order valence-electron chi connectivity index (χ3n) is 3.95. The van der Waals surface area contributed by atoms with E-state index >= 15 is 0 Å². The first-order chi connectivity index (χ1) is 10.6. The maximum atomic E-state index is 12.2. The van der Waals surface area contributed by atoms with Gasteiger partial charge in [0.1, 0.15) is 6.61 Å². The lowest BCUT2D eigenvalue weighted by molar-refractivity contribution is -0.129. The minimum absolute atomic E-state index is 0.0265. The second-order valence-electron chi connectivity index (χ2n) is 6.10. The first kappa shape index (κ1) is 17.3.